The van der Waals surface area contributed by atoms with Crippen molar-refractivity contribution in [1.82, 2.24) is 5.32 Å². The van der Waals surface area contributed by atoms with Gasteiger partial charge in [-0.15, -0.1) is 0 Å². The molecule has 0 aromatic heterocycles. The third kappa shape index (κ3) is 5.73. The summed E-state index contributed by atoms with van der Waals surface area (Å²) in [5.41, 5.74) is 0. The van der Waals surface area contributed by atoms with E-state index in [9.17, 15) is 0 Å². The van der Waals surface area contributed by atoms with Gasteiger partial charge in [-0.25, -0.2) is 0 Å². The molecule has 1 saturated carbocycles. The molecule has 0 radical (unpaired) electrons. The number of hydrogen-bond donors (Lipinski definition) is 1. The Morgan fingerprint density at radius 2 is 1.89 bits per heavy atom. The van der Waals surface area contributed by atoms with Gasteiger partial charge in [-0.1, -0.05) is 59.8 Å². The van der Waals surface area contributed by atoms with E-state index in [1.165, 1.54) is 51.4 Å². The second-order valence-electron chi connectivity index (χ2n) is 6.69. The zero-order valence-corrected chi connectivity index (χ0v) is 13.2. The van der Waals surface area contributed by atoms with Gasteiger partial charge in [0.25, 0.3) is 0 Å². The monoisotopic (exact) mass is 253 g/mol. The van der Waals surface area contributed by atoms with Crippen molar-refractivity contribution in [2.45, 2.75) is 85.1 Å². The first kappa shape index (κ1) is 16.0. The first-order valence-electron chi connectivity index (χ1n) is 8.40. The minimum Gasteiger partial charge on any atom is -0.314 e. The highest BCUT2D eigenvalue weighted by molar-refractivity contribution is 4.82. The Bertz CT molecular complexity index is 200. The summed E-state index contributed by atoms with van der Waals surface area (Å²) in [7, 11) is 0. The lowest BCUT2D eigenvalue weighted by Gasteiger charge is -2.35. The van der Waals surface area contributed by atoms with E-state index in [4.69, 9.17) is 0 Å². The van der Waals surface area contributed by atoms with Crippen LogP contribution in [0.25, 0.3) is 0 Å². The lowest BCUT2D eigenvalue weighted by Crippen LogP contribution is -2.38. The summed E-state index contributed by atoms with van der Waals surface area (Å²) in [4.78, 5) is 0. The molecule has 1 fully saturated rings. The number of hydrogen-bond acceptors (Lipinski definition) is 1. The molecule has 1 nitrogen and oxygen atoms in total. The summed E-state index contributed by atoms with van der Waals surface area (Å²) in [6.45, 7) is 10.5. The Morgan fingerprint density at radius 3 is 2.50 bits per heavy atom. The highest BCUT2D eigenvalue weighted by atomic mass is 14.9. The normalized spacial score (nSPS) is 26.5. The molecule has 0 aromatic carbocycles. The van der Waals surface area contributed by atoms with Crippen molar-refractivity contribution in [1.29, 1.82) is 0 Å². The second kappa shape index (κ2) is 8.96. The van der Waals surface area contributed by atoms with E-state index in [0.717, 1.165) is 30.3 Å². The average Bonchev–Trinajstić information content (AvgIpc) is 2.37. The van der Waals surface area contributed by atoms with Crippen LogP contribution in [0.3, 0.4) is 0 Å². The molecule has 0 spiro atoms. The molecular formula is C17H35N. The largest absolute Gasteiger partial charge is 0.314 e. The Labute approximate surface area is 115 Å². The van der Waals surface area contributed by atoms with Crippen LogP contribution in [0.15, 0.2) is 0 Å². The Morgan fingerprint density at radius 1 is 1.11 bits per heavy atom. The van der Waals surface area contributed by atoms with Gasteiger partial charge in [0.15, 0.2) is 0 Å². The lowest BCUT2D eigenvalue weighted by atomic mass is 9.75. The molecule has 1 aliphatic carbocycles. The number of rotatable bonds is 8. The third-order valence-corrected chi connectivity index (χ3v) is 4.73. The van der Waals surface area contributed by atoms with Crippen LogP contribution < -0.4 is 5.32 Å². The minimum absolute atomic E-state index is 0.795. The molecule has 0 aliphatic heterocycles. The van der Waals surface area contributed by atoms with Crippen molar-refractivity contribution in [3.63, 3.8) is 0 Å². The second-order valence-corrected chi connectivity index (χ2v) is 6.69. The summed E-state index contributed by atoms with van der Waals surface area (Å²) < 4.78 is 0. The van der Waals surface area contributed by atoms with E-state index in [1.807, 2.05) is 0 Å². The summed E-state index contributed by atoms with van der Waals surface area (Å²) in [5.74, 6) is 2.83. The molecule has 3 atom stereocenters. The van der Waals surface area contributed by atoms with Gasteiger partial charge < -0.3 is 5.32 Å². The average molecular weight is 253 g/mol. The molecule has 0 amide bonds. The third-order valence-electron chi connectivity index (χ3n) is 4.73. The standard InChI is InChI=1S/C17H35N/c1-5-15-10-8-11-16(13-15)17(18-6-2)12-7-9-14(3)4/h14-18H,5-13H2,1-4H3. The molecule has 1 rings (SSSR count). The Hall–Kier alpha value is -0.0400. The zero-order chi connectivity index (χ0) is 13.4. The first-order chi connectivity index (χ1) is 8.67. The molecule has 1 N–H and O–H groups in total. The molecule has 3 unspecified atom stereocenters. The SMILES string of the molecule is CCNC(CCCC(C)C)C1CCCC(CC)C1. The van der Waals surface area contributed by atoms with Crippen LogP contribution in [-0.4, -0.2) is 12.6 Å². The predicted octanol–water partition coefficient (Wildman–Crippen LogP) is 5.01. The molecule has 0 bridgehead atoms. The van der Waals surface area contributed by atoms with E-state index in [-0.39, 0.29) is 0 Å². The van der Waals surface area contributed by atoms with Crippen molar-refractivity contribution < 1.29 is 0 Å². The number of nitrogens with one attached hydrogen (secondary N) is 1. The van der Waals surface area contributed by atoms with Gasteiger partial charge in [0.2, 0.25) is 0 Å². The molecule has 1 aliphatic rings. The van der Waals surface area contributed by atoms with Crippen LogP contribution in [0, 0.1) is 17.8 Å². The minimum atomic E-state index is 0.795. The van der Waals surface area contributed by atoms with Gasteiger partial charge in [0, 0.05) is 6.04 Å². The molecule has 108 valence electrons. The maximum Gasteiger partial charge on any atom is 0.00953 e. The Balaban J connectivity index is 2.39. The predicted molar refractivity (Wildman–Crippen MR) is 81.9 cm³/mol. The first-order valence-corrected chi connectivity index (χ1v) is 8.40. The van der Waals surface area contributed by atoms with Crippen LogP contribution >= 0.6 is 0 Å². The van der Waals surface area contributed by atoms with Gasteiger partial charge in [0.05, 0.1) is 0 Å². The topological polar surface area (TPSA) is 12.0 Å². The smallest absolute Gasteiger partial charge is 0.00953 e. The van der Waals surface area contributed by atoms with Crippen molar-refractivity contribution in [3.05, 3.63) is 0 Å². The van der Waals surface area contributed by atoms with Crippen LogP contribution in [0.5, 0.6) is 0 Å². The summed E-state index contributed by atoms with van der Waals surface area (Å²) in [5, 5.41) is 3.77. The lowest BCUT2D eigenvalue weighted by molar-refractivity contribution is 0.200. The zero-order valence-electron chi connectivity index (χ0n) is 13.2. The van der Waals surface area contributed by atoms with Gasteiger partial charge in [-0.2, -0.15) is 0 Å². The Kier molecular flexibility index (Phi) is 7.97. The van der Waals surface area contributed by atoms with Crippen molar-refractivity contribution in [3.8, 4) is 0 Å². The van der Waals surface area contributed by atoms with Crippen LogP contribution in [-0.2, 0) is 0 Å². The van der Waals surface area contributed by atoms with Crippen molar-refractivity contribution >= 4 is 0 Å². The molecular weight excluding hydrogens is 218 g/mol. The highest BCUT2D eigenvalue weighted by Crippen LogP contribution is 2.34. The van der Waals surface area contributed by atoms with E-state index in [0.29, 0.717) is 0 Å². The summed E-state index contributed by atoms with van der Waals surface area (Å²) in [6.07, 6.45) is 11.5. The fraction of sp³-hybridized carbons (Fsp3) is 1.00. The van der Waals surface area contributed by atoms with Crippen LogP contribution in [0.2, 0.25) is 0 Å². The maximum absolute atomic E-state index is 3.77. The van der Waals surface area contributed by atoms with Gasteiger partial charge in [-0.05, 0) is 43.6 Å². The van der Waals surface area contributed by atoms with E-state index in [1.54, 1.807) is 0 Å². The van der Waals surface area contributed by atoms with Crippen molar-refractivity contribution in [2.75, 3.05) is 6.54 Å². The van der Waals surface area contributed by atoms with E-state index in [2.05, 4.69) is 33.0 Å². The van der Waals surface area contributed by atoms with Crippen molar-refractivity contribution in [2.24, 2.45) is 17.8 Å². The molecule has 1 heteroatoms. The highest BCUT2D eigenvalue weighted by Gasteiger charge is 2.26. The molecule has 18 heavy (non-hydrogen) atoms. The summed E-state index contributed by atoms with van der Waals surface area (Å²) in [6, 6.07) is 0.795. The van der Waals surface area contributed by atoms with Crippen LogP contribution in [0.1, 0.15) is 79.1 Å². The van der Waals surface area contributed by atoms with E-state index >= 15 is 0 Å². The van der Waals surface area contributed by atoms with Crippen LogP contribution in [0.4, 0.5) is 0 Å². The summed E-state index contributed by atoms with van der Waals surface area (Å²) >= 11 is 0. The molecule has 0 heterocycles. The van der Waals surface area contributed by atoms with Gasteiger partial charge in [-0.3, -0.25) is 0 Å². The molecule has 0 aromatic rings. The quantitative estimate of drug-likeness (QED) is 0.641. The fourth-order valence-electron chi connectivity index (χ4n) is 3.58. The van der Waals surface area contributed by atoms with Gasteiger partial charge >= 0.3 is 0 Å². The van der Waals surface area contributed by atoms with Gasteiger partial charge in [0.1, 0.15) is 0 Å². The van der Waals surface area contributed by atoms with E-state index < -0.39 is 0 Å². The fourth-order valence-corrected chi connectivity index (χ4v) is 3.58. The maximum atomic E-state index is 3.77. The molecule has 0 saturated heterocycles.